The molecule has 0 saturated carbocycles. The van der Waals surface area contributed by atoms with Crippen molar-refractivity contribution in [2.45, 2.75) is 12.3 Å². The Bertz CT molecular complexity index is 686. The Morgan fingerprint density at radius 1 is 1.14 bits per heavy atom. The summed E-state index contributed by atoms with van der Waals surface area (Å²) in [5.74, 6) is -0.543. The lowest BCUT2D eigenvalue weighted by Gasteiger charge is -2.19. The summed E-state index contributed by atoms with van der Waals surface area (Å²) in [5, 5.41) is 9.37. The van der Waals surface area contributed by atoms with Crippen LogP contribution in [0.25, 0.3) is 6.08 Å². The molecule has 0 aromatic heterocycles. The third-order valence-electron chi connectivity index (χ3n) is 3.40. The molecule has 0 aliphatic rings. The Kier molecular flexibility index (Phi) is 5.11. The Labute approximate surface area is 130 Å². The molecule has 1 atom stereocenters. The molecule has 0 radical (unpaired) electrons. The van der Waals surface area contributed by atoms with Gasteiger partial charge in [0.15, 0.2) is 5.41 Å². The Hall–Kier alpha value is -2.86. The van der Waals surface area contributed by atoms with Crippen LogP contribution in [0.2, 0.25) is 0 Å². The van der Waals surface area contributed by atoms with Crippen LogP contribution in [-0.2, 0) is 14.9 Å². The van der Waals surface area contributed by atoms with Gasteiger partial charge in [0, 0.05) is 0 Å². The van der Waals surface area contributed by atoms with Crippen LogP contribution in [0.4, 0.5) is 0 Å². The molecule has 0 aliphatic carbocycles. The van der Waals surface area contributed by atoms with Crippen LogP contribution in [0, 0.1) is 11.3 Å². The third-order valence-corrected chi connectivity index (χ3v) is 3.40. The first kappa shape index (κ1) is 15.5. The first-order valence-electron chi connectivity index (χ1n) is 7.02. The topological polar surface area (TPSA) is 50.1 Å². The summed E-state index contributed by atoms with van der Waals surface area (Å²) in [5.41, 5.74) is 0.376. The molecule has 0 N–H and O–H groups in total. The van der Waals surface area contributed by atoms with Crippen LogP contribution in [0.1, 0.15) is 18.1 Å². The van der Waals surface area contributed by atoms with Gasteiger partial charge in [-0.05, 0) is 24.1 Å². The molecule has 0 bridgehead atoms. The maximum Gasteiger partial charge on any atom is 0.331 e. The minimum atomic E-state index is -1.29. The summed E-state index contributed by atoms with van der Waals surface area (Å²) in [4.78, 5) is 12.2. The normalized spacial score (nSPS) is 13.3. The number of carbonyl (C=O) groups is 1. The Morgan fingerprint density at radius 2 is 1.73 bits per heavy atom. The number of hydrogen-bond acceptors (Lipinski definition) is 3. The van der Waals surface area contributed by atoms with Gasteiger partial charge in [0.05, 0.1) is 6.07 Å². The first-order chi connectivity index (χ1) is 10.7. The number of rotatable bonds is 5. The van der Waals surface area contributed by atoms with E-state index in [2.05, 4.69) is 6.07 Å². The summed E-state index contributed by atoms with van der Waals surface area (Å²) >= 11 is 0. The molecule has 0 heterocycles. The van der Waals surface area contributed by atoms with E-state index in [-0.39, 0.29) is 6.61 Å². The smallest absolute Gasteiger partial charge is 0.331 e. The van der Waals surface area contributed by atoms with Gasteiger partial charge < -0.3 is 4.74 Å². The number of esters is 1. The van der Waals surface area contributed by atoms with E-state index in [4.69, 9.17) is 4.74 Å². The van der Waals surface area contributed by atoms with Gasteiger partial charge in [-0.3, -0.25) is 0 Å². The largest absolute Gasteiger partial charge is 0.460 e. The molecule has 3 nitrogen and oxygen atoms in total. The van der Waals surface area contributed by atoms with Crippen molar-refractivity contribution in [3.05, 3.63) is 77.9 Å². The maximum atomic E-state index is 12.2. The van der Waals surface area contributed by atoms with E-state index in [0.717, 1.165) is 5.56 Å². The number of benzene rings is 2. The van der Waals surface area contributed by atoms with E-state index in [1.165, 1.54) is 0 Å². The highest BCUT2D eigenvalue weighted by Crippen LogP contribution is 2.24. The van der Waals surface area contributed by atoms with E-state index in [1.54, 1.807) is 37.3 Å². The predicted molar refractivity (Wildman–Crippen MR) is 85.8 cm³/mol. The minimum Gasteiger partial charge on any atom is -0.460 e. The van der Waals surface area contributed by atoms with Gasteiger partial charge >= 0.3 is 5.97 Å². The standard InChI is InChI=1S/C19H17NO2/c1-19(15-20,17-12-6-3-7-13-17)18(21)22-14-8-11-16-9-4-2-5-10-16/h2-13H,14H2,1H3/b11-8+. The zero-order valence-electron chi connectivity index (χ0n) is 12.4. The van der Waals surface area contributed by atoms with Crippen molar-refractivity contribution in [1.82, 2.24) is 0 Å². The highest BCUT2D eigenvalue weighted by Gasteiger charge is 2.36. The zero-order chi connectivity index (χ0) is 15.8. The van der Waals surface area contributed by atoms with Crippen LogP contribution in [-0.4, -0.2) is 12.6 Å². The van der Waals surface area contributed by atoms with Crippen molar-refractivity contribution in [3.8, 4) is 6.07 Å². The summed E-state index contributed by atoms with van der Waals surface area (Å²) < 4.78 is 5.23. The average Bonchev–Trinajstić information content (AvgIpc) is 2.59. The molecule has 0 amide bonds. The average molecular weight is 291 g/mol. The molecule has 3 heteroatoms. The molecule has 2 aromatic rings. The van der Waals surface area contributed by atoms with Crippen molar-refractivity contribution in [2.24, 2.45) is 0 Å². The fraction of sp³-hybridized carbons (Fsp3) is 0.158. The van der Waals surface area contributed by atoms with Crippen molar-refractivity contribution < 1.29 is 9.53 Å². The van der Waals surface area contributed by atoms with Gasteiger partial charge in [-0.15, -0.1) is 0 Å². The van der Waals surface area contributed by atoms with Crippen molar-refractivity contribution in [3.63, 3.8) is 0 Å². The summed E-state index contributed by atoms with van der Waals surface area (Å²) in [6.45, 7) is 1.71. The van der Waals surface area contributed by atoms with Crippen LogP contribution in [0.3, 0.4) is 0 Å². The fourth-order valence-electron chi connectivity index (χ4n) is 2.02. The maximum absolute atomic E-state index is 12.2. The lowest BCUT2D eigenvalue weighted by molar-refractivity contribution is -0.146. The summed E-state index contributed by atoms with van der Waals surface area (Å²) in [7, 11) is 0. The molecule has 22 heavy (non-hydrogen) atoms. The number of nitrogens with zero attached hydrogens (tertiary/aromatic N) is 1. The number of nitriles is 1. The molecule has 2 aromatic carbocycles. The lowest BCUT2D eigenvalue weighted by Crippen LogP contribution is -2.32. The molecule has 0 fully saturated rings. The Morgan fingerprint density at radius 3 is 2.32 bits per heavy atom. The summed E-state index contributed by atoms with van der Waals surface area (Å²) in [6, 6.07) is 20.7. The van der Waals surface area contributed by atoms with Crippen LogP contribution < -0.4 is 0 Å². The molecule has 0 spiro atoms. The molecule has 0 aliphatic heterocycles. The van der Waals surface area contributed by atoms with E-state index >= 15 is 0 Å². The van der Waals surface area contributed by atoms with Gasteiger partial charge in [-0.2, -0.15) is 5.26 Å². The van der Waals surface area contributed by atoms with E-state index < -0.39 is 11.4 Å². The van der Waals surface area contributed by atoms with Crippen molar-refractivity contribution >= 4 is 12.0 Å². The summed E-state index contributed by atoms with van der Waals surface area (Å²) in [6.07, 6.45) is 3.63. The second kappa shape index (κ2) is 7.24. The van der Waals surface area contributed by atoms with E-state index in [0.29, 0.717) is 5.56 Å². The van der Waals surface area contributed by atoms with E-state index in [9.17, 15) is 10.1 Å². The lowest BCUT2D eigenvalue weighted by atomic mass is 9.84. The minimum absolute atomic E-state index is 0.137. The van der Waals surface area contributed by atoms with Crippen LogP contribution in [0.5, 0.6) is 0 Å². The second-order valence-corrected chi connectivity index (χ2v) is 5.01. The Balaban J connectivity index is 1.99. The fourth-order valence-corrected chi connectivity index (χ4v) is 2.02. The monoisotopic (exact) mass is 291 g/mol. The number of ether oxygens (including phenoxy) is 1. The molecule has 0 saturated heterocycles. The quantitative estimate of drug-likeness (QED) is 0.789. The van der Waals surface area contributed by atoms with Crippen molar-refractivity contribution in [1.29, 1.82) is 5.26 Å². The third kappa shape index (κ3) is 3.62. The first-order valence-corrected chi connectivity index (χ1v) is 7.02. The zero-order valence-corrected chi connectivity index (χ0v) is 12.4. The molecular weight excluding hydrogens is 274 g/mol. The highest BCUT2D eigenvalue weighted by molar-refractivity contribution is 5.86. The SMILES string of the molecule is CC(C#N)(C(=O)OC/C=C/c1ccccc1)c1ccccc1. The molecule has 1 unspecified atom stereocenters. The number of carbonyl (C=O) groups excluding carboxylic acids is 1. The molecule has 2 rings (SSSR count). The molecular formula is C19H17NO2. The van der Waals surface area contributed by atoms with Crippen LogP contribution in [0.15, 0.2) is 66.7 Å². The van der Waals surface area contributed by atoms with Gasteiger partial charge in [0.2, 0.25) is 0 Å². The van der Waals surface area contributed by atoms with Crippen molar-refractivity contribution in [2.75, 3.05) is 6.61 Å². The van der Waals surface area contributed by atoms with Gasteiger partial charge in [0.1, 0.15) is 6.61 Å². The van der Waals surface area contributed by atoms with Gasteiger partial charge in [-0.1, -0.05) is 66.7 Å². The van der Waals surface area contributed by atoms with Gasteiger partial charge in [0.25, 0.3) is 0 Å². The van der Waals surface area contributed by atoms with Crippen LogP contribution >= 0.6 is 0 Å². The highest BCUT2D eigenvalue weighted by atomic mass is 16.5. The number of hydrogen-bond donors (Lipinski definition) is 0. The van der Waals surface area contributed by atoms with Gasteiger partial charge in [-0.25, -0.2) is 4.79 Å². The van der Waals surface area contributed by atoms with E-state index in [1.807, 2.05) is 42.5 Å². The second-order valence-electron chi connectivity index (χ2n) is 5.01. The predicted octanol–water partition coefficient (Wildman–Crippen LogP) is 3.72. The molecule has 110 valence electrons.